The van der Waals surface area contributed by atoms with E-state index in [0.717, 1.165) is 0 Å². The Labute approximate surface area is 108 Å². The summed E-state index contributed by atoms with van der Waals surface area (Å²) < 4.78 is 28.1. The van der Waals surface area contributed by atoms with Gasteiger partial charge in [-0.25, -0.2) is 4.79 Å². The van der Waals surface area contributed by atoms with Gasteiger partial charge in [0.25, 0.3) is 0 Å². The highest BCUT2D eigenvalue weighted by Crippen LogP contribution is 2.18. The molecule has 1 heterocycles. The molecule has 2 rings (SSSR count). The molecule has 1 saturated heterocycles. The van der Waals surface area contributed by atoms with Crippen molar-refractivity contribution in [1.82, 2.24) is 4.90 Å². The summed E-state index contributed by atoms with van der Waals surface area (Å²) in [5.74, 6) is 0.0320. The van der Waals surface area contributed by atoms with E-state index in [4.69, 9.17) is 0 Å². The topological polar surface area (TPSA) is 61.8 Å². The van der Waals surface area contributed by atoms with E-state index >= 15 is 0 Å². The molecule has 0 aliphatic carbocycles. The van der Waals surface area contributed by atoms with Crippen LogP contribution in [0.2, 0.25) is 0 Å². The third kappa shape index (κ3) is 3.78. The number of carbonyl (C=O) groups is 1. The first kappa shape index (κ1) is 13.5. The van der Waals surface area contributed by atoms with Crippen molar-refractivity contribution in [3.05, 3.63) is 24.3 Å². The average molecular weight is 272 g/mol. The maximum absolute atomic E-state index is 11.9. The lowest BCUT2D eigenvalue weighted by Crippen LogP contribution is -2.33. The Balaban J connectivity index is 1.90. The van der Waals surface area contributed by atoms with Crippen molar-refractivity contribution in [3.63, 3.8) is 0 Å². The second kappa shape index (κ2) is 5.83. The molecular weight excluding hydrogens is 258 g/mol. The van der Waals surface area contributed by atoms with E-state index < -0.39 is 12.7 Å². The number of alkyl halides is 2. The average Bonchev–Trinajstić information content (AvgIpc) is 2.78. The number of hydrogen-bond acceptors (Lipinski definition) is 3. The molecule has 1 aliphatic rings. The summed E-state index contributed by atoms with van der Waals surface area (Å²) in [6.45, 7) is -2.07. The van der Waals surface area contributed by atoms with Crippen molar-refractivity contribution in [3.8, 4) is 5.75 Å². The molecule has 1 fully saturated rings. The van der Waals surface area contributed by atoms with Gasteiger partial charge in [0.1, 0.15) is 5.75 Å². The van der Waals surface area contributed by atoms with Gasteiger partial charge in [0, 0.05) is 18.8 Å². The fraction of sp³-hybridized carbons (Fsp3) is 0.417. The Morgan fingerprint density at radius 3 is 2.63 bits per heavy atom. The summed E-state index contributed by atoms with van der Waals surface area (Å²) in [5, 5.41) is 11.9. The first-order chi connectivity index (χ1) is 9.04. The van der Waals surface area contributed by atoms with Crippen LogP contribution in [0.4, 0.5) is 19.3 Å². The van der Waals surface area contributed by atoms with E-state index in [1.54, 1.807) is 0 Å². The number of likely N-dealkylation sites (tertiary alicyclic amines) is 1. The lowest BCUT2D eigenvalue weighted by atomic mass is 10.3. The number of urea groups is 1. The van der Waals surface area contributed by atoms with E-state index in [9.17, 15) is 18.7 Å². The summed E-state index contributed by atoms with van der Waals surface area (Å²) in [6, 6.07) is 5.32. The molecule has 0 bridgehead atoms. The van der Waals surface area contributed by atoms with Crippen LogP contribution in [-0.2, 0) is 0 Å². The highest BCUT2D eigenvalue weighted by molar-refractivity contribution is 5.89. The number of anilines is 1. The number of amides is 2. The van der Waals surface area contributed by atoms with Crippen LogP contribution in [0, 0.1) is 0 Å². The van der Waals surface area contributed by atoms with E-state index in [1.165, 1.54) is 29.2 Å². The Bertz CT molecular complexity index is 439. The number of nitrogens with zero attached hydrogens (tertiary/aromatic N) is 1. The molecule has 2 amide bonds. The predicted molar refractivity (Wildman–Crippen MR) is 64.3 cm³/mol. The Kier molecular flexibility index (Phi) is 4.16. The number of ether oxygens (including phenoxy) is 1. The van der Waals surface area contributed by atoms with Gasteiger partial charge < -0.3 is 20.1 Å². The SMILES string of the molecule is O=C(Nc1ccc(OC(F)F)cc1)N1CC[C@H](O)C1. The summed E-state index contributed by atoms with van der Waals surface area (Å²) in [6.07, 6.45) is 0.0850. The van der Waals surface area contributed by atoms with Crippen molar-refractivity contribution in [2.75, 3.05) is 18.4 Å². The Hall–Kier alpha value is -1.89. The molecule has 5 nitrogen and oxygen atoms in total. The minimum Gasteiger partial charge on any atom is -0.435 e. The fourth-order valence-corrected chi connectivity index (χ4v) is 1.85. The zero-order valence-corrected chi connectivity index (χ0v) is 10.1. The zero-order valence-electron chi connectivity index (χ0n) is 10.1. The van der Waals surface area contributed by atoms with Crippen LogP contribution < -0.4 is 10.1 Å². The maximum Gasteiger partial charge on any atom is 0.387 e. The van der Waals surface area contributed by atoms with E-state index in [0.29, 0.717) is 25.2 Å². The Morgan fingerprint density at radius 2 is 2.11 bits per heavy atom. The Morgan fingerprint density at radius 1 is 1.42 bits per heavy atom. The summed E-state index contributed by atoms with van der Waals surface area (Å²) in [4.78, 5) is 13.3. The summed E-state index contributed by atoms with van der Waals surface area (Å²) in [7, 11) is 0. The van der Waals surface area contributed by atoms with Crippen molar-refractivity contribution in [2.24, 2.45) is 0 Å². The molecule has 1 aromatic carbocycles. The van der Waals surface area contributed by atoms with Crippen molar-refractivity contribution in [1.29, 1.82) is 0 Å². The zero-order chi connectivity index (χ0) is 13.8. The number of aliphatic hydroxyl groups excluding tert-OH is 1. The predicted octanol–water partition coefficient (Wildman–Crippen LogP) is 1.89. The van der Waals surface area contributed by atoms with Crippen molar-refractivity contribution < 1.29 is 23.4 Å². The van der Waals surface area contributed by atoms with Gasteiger partial charge in [-0.05, 0) is 30.7 Å². The first-order valence-corrected chi connectivity index (χ1v) is 5.83. The molecule has 0 unspecified atom stereocenters. The third-order valence-corrected chi connectivity index (χ3v) is 2.78. The van der Waals surface area contributed by atoms with Crippen LogP contribution in [-0.4, -0.2) is 41.8 Å². The second-order valence-corrected chi connectivity index (χ2v) is 4.22. The number of β-amino-alcohol motifs (C(OH)–C–C–N with tert-alkyl or cyclic N) is 1. The highest BCUT2D eigenvalue weighted by atomic mass is 19.3. The number of hydrogen-bond donors (Lipinski definition) is 2. The molecule has 7 heteroatoms. The number of rotatable bonds is 3. The third-order valence-electron chi connectivity index (χ3n) is 2.78. The van der Waals surface area contributed by atoms with Crippen molar-refractivity contribution >= 4 is 11.7 Å². The monoisotopic (exact) mass is 272 g/mol. The molecule has 0 saturated carbocycles. The van der Waals surface area contributed by atoms with Crippen LogP contribution in [0.1, 0.15) is 6.42 Å². The van der Waals surface area contributed by atoms with E-state index in [1.807, 2.05) is 0 Å². The maximum atomic E-state index is 11.9. The van der Waals surface area contributed by atoms with Crippen LogP contribution >= 0.6 is 0 Å². The standard InChI is InChI=1S/C12H14F2N2O3/c13-11(14)19-10-3-1-8(2-4-10)15-12(18)16-6-5-9(17)7-16/h1-4,9,11,17H,5-7H2,(H,15,18)/t9-/m0/s1. The lowest BCUT2D eigenvalue weighted by molar-refractivity contribution is -0.0498. The highest BCUT2D eigenvalue weighted by Gasteiger charge is 2.24. The molecule has 1 atom stereocenters. The van der Waals surface area contributed by atoms with E-state index in [2.05, 4.69) is 10.1 Å². The number of nitrogens with one attached hydrogen (secondary N) is 1. The van der Waals surface area contributed by atoms with Gasteiger partial charge in [0.2, 0.25) is 0 Å². The van der Waals surface area contributed by atoms with Crippen LogP contribution in [0.15, 0.2) is 24.3 Å². The number of aliphatic hydroxyl groups is 1. The van der Waals surface area contributed by atoms with Crippen LogP contribution in [0.5, 0.6) is 5.75 Å². The minimum atomic E-state index is -2.87. The summed E-state index contributed by atoms with van der Waals surface area (Å²) >= 11 is 0. The van der Waals surface area contributed by atoms with Gasteiger partial charge in [-0.3, -0.25) is 0 Å². The minimum absolute atomic E-state index is 0.0320. The molecule has 0 radical (unpaired) electrons. The van der Waals surface area contributed by atoms with Gasteiger partial charge >= 0.3 is 12.6 Å². The molecule has 0 aromatic heterocycles. The second-order valence-electron chi connectivity index (χ2n) is 4.22. The molecule has 0 spiro atoms. The molecule has 1 aliphatic heterocycles. The van der Waals surface area contributed by atoms with Crippen molar-refractivity contribution in [2.45, 2.75) is 19.1 Å². The largest absolute Gasteiger partial charge is 0.435 e. The normalized spacial score (nSPS) is 18.7. The fourth-order valence-electron chi connectivity index (χ4n) is 1.85. The van der Waals surface area contributed by atoms with Gasteiger partial charge in [-0.1, -0.05) is 0 Å². The molecule has 104 valence electrons. The van der Waals surface area contributed by atoms with Gasteiger partial charge in [0.05, 0.1) is 6.10 Å². The first-order valence-electron chi connectivity index (χ1n) is 5.83. The van der Waals surface area contributed by atoms with Gasteiger partial charge in [-0.15, -0.1) is 0 Å². The lowest BCUT2D eigenvalue weighted by Gasteiger charge is -2.16. The van der Waals surface area contributed by atoms with Crippen LogP contribution in [0.25, 0.3) is 0 Å². The number of carbonyl (C=O) groups excluding carboxylic acids is 1. The molecule has 2 N–H and O–H groups in total. The summed E-state index contributed by atoms with van der Waals surface area (Å²) in [5.41, 5.74) is 0.480. The quantitative estimate of drug-likeness (QED) is 0.883. The number of benzene rings is 1. The van der Waals surface area contributed by atoms with Crippen LogP contribution in [0.3, 0.4) is 0 Å². The number of halogens is 2. The van der Waals surface area contributed by atoms with Gasteiger partial charge in [0.15, 0.2) is 0 Å². The van der Waals surface area contributed by atoms with E-state index in [-0.39, 0.29) is 11.8 Å². The molecule has 19 heavy (non-hydrogen) atoms. The molecular formula is C12H14F2N2O3. The smallest absolute Gasteiger partial charge is 0.387 e. The van der Waals surface area contributed by atoms with Gasteiger partial charge in [-0.2, -0.15) is 8.78 Å². The molecule has 1 aromatic rings.